The lowest BCUT2D eigenvalue weighted by Gasteiger charge is -2.59. The molecule has 4 rings (SSSR count). The van der Waals surface area contributed by atoms with Crippen molar-refractivity contribution in [1.82, 2.24) is 0 Å². The number of aliphatic hydroxyl groups is 1. The van der Waals surface area contributed by atoms with E-state index < -0.39 is 0 Å². The first kappa shape index (κ1) is 21.9. The average molecular weight is 401 g/mol. The highest BCUT2D eigenvalue weighted by atomic mass is 16.3. The number of hydrogen-bond acceptors (Lipinski definition) is 1. The normalized spacial score (nSPS) is 45.3. The maximum atomic E-state index is 10.3. The van der Waals surface area contributed by atoms with Crippen LogP contribution in [0.25, 0.3) is 0 Å². The van der Waals surface area contributed by atoms with Crippen molar-refractivity contribution in [2.45, 2.75) is 118 Å². The fourth-order valence-electron chi connectivity index (χ4n) is 9.13. The second-order valence-electron chi connectivity index (χ2n) is 12.3. The van der Waals surface area contributed by atoms with Gasteiger partial charge >= 0.3 is 0 Å². The summed E-state index contributed by atoms with van der Waals surface area (Å²) in [6.07, 6.45) is 18.6. The molecule has 0 bridgehead atoms. The van der Waals surface area contributed by atoms with Crippen molar-refractivity contribution in [3.8, 4) is 0 Å². The van der Waals surface area contributed by atoms with Crippen LogP contribution in [0, 0.1) is 46.3 Å². The van der Waals surface area contributed by atoms with Gasteiger partial charge in [-0.3, -0.25) is 0 Å². The van der Waals surface area contributed by atoms with Crippen molar-refractivity contribution in [2.24, 2.45) is 46.3 Å². The minimum absolute atomic E-state index is 0.0751. The molecule has 0 aliphatic heterocycles. The third-order valence-electron chi connectivity index (χ3n) is 10.6. The smallest absolute Gasteiger partial charge is 0.0577 e. The molecule has 0 aromatic carbocycles. The van der Waals surface area contributed by atoms with Crippen LogP contribution in [0.1, 0.15) is 112 Å². The standard InChI is InChI=1S/C28H48O/c1-6-28-17-14-22(29)18-21(28)10-11-23-25-13-12-24(20(4)9-7-8-19(2)3)27(25,5)16-15-26(23)28/h10,19-20,22-26,29H,6-9,11-18H2,1-5H3/t20-,22?,23?,24?,25?,26?,27?,28?/m1/s1. The molecule has 1 nitrogen and oxygen atoms in total. The fourth-order valence-corrected chi connectivity index (χ4v) is 9.13. The molecule has 0 spiro atoms. The summed E-state index contributed by atoms with van der Waals surface area (Å²) in [5, 5.41) is 10.3. The summed E-state index contributed by atoms with van der Waals surface area (Å²) >= 11 is 0. The number of fused-ring (bicyclic) bond motifs is 5. The van der Waals surface area contributed by atoms with Crippen LogP contribution in [0.2, 0.25) is 0 Å². The van der Waals surface area contributed by atoms with Gasteiger partial charge in [0.05, 0.1) is 6.10 Å². The molecule has 1 heteroatoms. The molecule has 4 aliphatic carbocycles. The van der Waals surface area contributed by atoms with E-state index in [0.717, 1.165) is 48.3 Å². The summed E-state index contributed by atoms with van der Waals surface area (Å²) in [6.45, 7) is 12.5. The second-order valence-corrected chi connectivity index (χ2v) is 12.3. The van der Waals surface area contributed by atoms with E-state index in [1.165, 1.54) is 64.2 Å². The third kappa shape index (κ3) is 3.66. The van der Waals surface area contributed by atoms with Crippen LogP contribution in [0.5, 0.6) is 0 Å². The van der Waals surface area contributed by atoms with Crippen molar-refractivity contribution < 1.29 is 5.11 Å². The molecule has 166 valence electrons. The molecule has 0 amide bonds. The van der Waals surface area contributed by atoms with Crippen LogP contribution in [-0.4, -0.2) is 11.2 Å². The number of hydrogen-bond donors (Lipinski definition) is 1. The minimum Gasteiger partial charge on any atom is -0.393 e. The highest BCUT2D eigenvalue weighted by molar-refractivity contribution is 5.26. The zero-order valence-corrected chi connectivity index (χ0v) is 20.1. The Hall–Kier alpha value is -0.300. The Morgan fingerprint density at radius 1 is 1.03 bits per heavy atom. The molecule has 0 radical (unpaired) electrons. The molecular weight excluding hydrogens is 352 g/mol. The van der Waals surface area contributed by atoms with Crippen LogP contribution in [0.3, 0.4) is 0 Å². The first-order valence-electron chi connectivity index (χ1n) is 13.2. The molecule has 29 heavy (non-hydrogen) atoms. The van der Waals surface area contributed by atoms with Crippen molar-refractivity contribution in [3.05, 3.63) is 11.6 Å². The van der Waals surface area contributed by atoms with E-state index in [0.29, 0.717) is 10.8 Å². The van der Waals surface area contributed by atoms with Gasteiger partial charge in [0.1, 0.15) is 0 Å². The molecule has 0 aromatic rings. The lowest BCUT2D eigenvalue weighted by atomic mass is 9.46. The summed E-state index contributed by atoms with van der Waals surface area (Å²) in [7, 11) is 0. The quantitative estimate of drug-likeness (QED) is 0.451. The Kier molecular flexibility index (Phi) is 6.29. The molecular formula is C28H48O. The maximum absolute atomic E-state index is 10.3. The van der Waals surface area contributed by atoms with Gasteiger partial charge in [0.15, 0.2) is 0 Å². The van der Waals surface area contributed by atoms with Crippen LogP contribution < -0.4 is 0 Å². The van der Waals surface area contributed by atoms with E-state index in [-0.39, 0.29) is 6.10 Å². The Morgan fingerprint density at radius 2 is 1.83 bits per heavy atom. The van der Waals surface area contributed by atoms with Gasteiger partial charge < -0.3 is 5.11 Å². The molecule has 8 atom stereocenters. The largest absolute Gasteiger partial charge is 0.393 e. The lowest BCUT2D eigenvalue weighted by molar-refractivity contribution is -0.0645. The van der Waals surface area contributed by atoms with E-state index >= 15 is 0 Å². The highest BCUT2D eigenvalue weighted by Gasteiger charge is 2.59. The van der Waals surface area contributed by atoms with Crippen molar-refractivity contribution in [3.63, 3.8) is 0 Å². The van der Waals surface area contributed by atoms with Crippen LogP contribution in [0.4, 0.5) is 0 Å². The number of aliphatic hydroxyl groups excluding tert-OH is 1. The van der Waals surface area contributed by atoms with Gasteiger partial charge in [-0.1, -0.05) is 65.5 Å². The average Bonchev–Trinajstić information content (AvgIpc) is 3.04. The Bertz CT molecular complexity index is 605. The molecule has 0 saturated heterocycles. The Morgan fingerprint density at radius 3 is 2.55 bits per heavy atom. The molecule has 3 fully saturated rings. The van der Waals surface area contributed by atoms with Crippen molar-refractivity contribution >= 4 is 0 Å². The zero-order chi connectivity index (χ0) is 20.8. The molecule has 0 aromatic heterocycles. The van der Waals surface area contributed by atoms with Crippen molar-refractivity contribution in [1.29, 1.82) is 0 Å². The predicted molar refractivity (Wildman–Crippen MR) is 124 cm³/mol. The Labute approximate surface area is 181 Å². The van der Waals surface area contributed by atoms with Crippen LogP contribution in [-0.2, 0) is 0 Å². The van der Waals surface area contributed by atoms with Crippen LogP contribution >= 0.6 is 0 Å². The number of allylic oxidation sites excluding steroid dienone is 1. The topological polar surface area (TPSA) is 20.2 Å². The summed E-state index contributed by atoms with van der Waals surface area (Å²) < 4.78 is 0. The molecule has 4 aliphatic rings. The summed E-state index contributed by atoms with van der Waals surface area (Å²) in [4.78, 5) is 0. The van der Waals surface area contributed by atoms with Crippen molar-refractivity contribution in [2.75, 3.05) is 0 Å². The van der Waals surface area contributed by atoms with E-state index in [4.69, 9.17) is 0 Å². The highest BCUT2D eigenvalue weighted by Crippen LogP contribution is 2.68. The van der Waals surface area contributed by atoms with Gasteiger partial charge in [0.2, 0.25) is 0 Å². The van der Waals surface area contributed by atoms with Gasteiger partial charge in [-0.15, -0.1) is 0 Å². The van der Waals surface area contributed by atoms with E-state index in [1.807, 2.05) is 0 Å². The lowest BCUT2D eigenvalue weighted by Crippen LogP contribution is -2.51. The third-order valence-corrected chi connectivity index (χ3v) is 10.6. The maximum Gasteiger partial charge on any atom is 0.0577 e. The van der Waals surface area contributed by atoms with Gasteiger partial charge in [-0.25, -0.2) is 0 Å². The molecule has 0 heterocycles. The van der Waals surface area contributed by atoms with Gasteiger partial charge in [-0.2, -0.15) is 0 Å². The second kappa shape index (κ2) is 8.33. The monoisotopic (exact) mass is 400 g/mol. The van der Waals surface area contributed by atoms with E-state index in [2.05, 4.69) is 40.7 Å². The SMILES string of the molecule is CCC12CCC(O)CC1=CCC1C2CCC2(C)C1CCC2[C@H](C)CCCC(C)C. The summed E-state index contributed by atoms with van der Waals surface area (Å²) in [5.41, 5.74) is 2.68. The molecule has 7 unspecified atom stereocenters. The first-order chi connectivity index (χ1) is 13.8. The zero-order valence-electron chi connectivity index (χ0n) is 20.1. The van der Waals surface area contributed by atoms with E-state index in [1.54, 1.807) is 5.57 Å². The van der Waals surface area contributed by atoms with E-state index in [9.17, 15) is 5.11 Å². The summed E-state index contributed by atoms with van der Waals surface area (Å²) in [6, 6.07) is 0. The first-order valence-corrected chi connectivity index (χ1v) is 13.2. The number of rotatable bonds is 6. The summed E-state index contributed by atoms with van der Waals surface area (Å²) in [5.74, 6) is 5.48. The minimum atomic E-state index is -0.0751. The molecule has 3 saturated carbocycles. The van der Waals surface area contributed by atoms with Gasteiger partial charge in [0.25, 0.3) is 0 Å². The molecule has 1 N–H and O–H groups in total. The van der Waals surface area contributed by atoms with Crippen LogP contribution in [0.15, 0.2) is 11.6 Å². The predicted octanol–water partition coefficient (Wildman–Crippen LogP) is 7.78. The van der Waals surface area contributed by atoms with Gasteiger partial charge in [-0.05, 0) is 104 Å². The fraction of sp³-hybridized carbons (Fsp3) is 0.929. The Balaban J connectivity index is 1.51. The van der Waals surface area contributed by atoms with Gasteiger partial charge in [0, 0.05) is 0 Å².